The zero-order valence-corrected chi connectivity index (χ0v) is 8.53. The zero-order valence-electron chi connectivity index (χ0n) is 6.53. The van der Waals surface area contributed by atoms with E-state index >= 15 is 0 Å². The molecule has 1 aromatic heterocycles. The minimum absolute atomic E-state index is 0. The number of rotatable bonds is 2. The van der Waals surface area contributed by atoms with Gasteiger partial charge in [-0.3, -0.25) is 0 Å². The number of nitrogens with one attached hydrogen (secondary N) is 1. The minimum Gasteiger partial charge on any atom is -0.237 e. The molecule has 1 heterocycles. The molecule has 52 valence electrons. The van der Waals surface area contributed by atoms with Crippen molar-refractivity contribution in [2.75, 3.05) is 5.43 Å². The van der Waals surface area contributed by atoms with Gasteiger partial charge in [-0.05, 0) is 18.6 Å². The van der Waals surface area contributed by atoms with E-state index < -0.39 is 0 Å². The van der Waals surface area contributed by atoms with Crippen LogP contribution in [0.2, 0.25) is 0 Å². The maximum atomic E-state index is 9.73. The van der Waals surface area contributed by atoms with E-state index in [9.17, 15) is 4.91 Å². The van der Waals surface area contributed by atoms with Crippen LogP contribution in [0, 0.1) is 11.8 Å². The fourth-order valence-electron chi connectivity index (χ4n) is 0.646. The molecule has 0 atom stereocenters. The van der Waals surface area contributed by atoms with Gasteiger partial charge in [-0.25, -0.2) is 10.4 Å². The minimum atomic E-state index is 0. The Labute approximate surface area is 86.6 Å². The van der Waals surface area contributed by atoms with Crippen LogP contribution >= 0.6 is 0 Å². The van der Waals surface area contributed by atoms with Gasteiger partial charge in [0.2, 0.25) is 0 Å². The van der Waals surface area contributed by atoms with E-state index in [4.69, 9.17) is 0 Å². The molecule has 0 unspecified atom stereocenters. The summed E-state index contributed by atoms with van der Waals surface area (Å²) in [6, 6.07) is 3.64. The molecule has 4 nitrogen and oxygen atoms in total. The first-order chi connectivity index (χ1) is 4.84. The van der Waals surface area contributed by atoms with E-state index in [1.165, 1.54) is 0 Å². The van der Waals surface area contributed by atoms with Crippen LogP contribution in [-0.4, -0.2) is 4.98 Å². The molecule has 1 aromatic rings. The molecule has 0 aromatic carbocycles. The Kier molecular flexibility index (Phi) is 5.02. The molecular formula is C6H7N3NaO+. The van der Waals surface area contributed by atoms with E-state index in [0.29, 0.717) is 5.82 Å². The standard InChI is InChI=1S/C6H7N3O.Na/c1-5-3-2-4-7-6(5)8-9-10;/h2-4H,1H3,(H,7,8,10);/q;+1. The average Bonchev–Trinajstić information content (AvgIpc) is 1.94. The molecular weight excluding hydrogens is 153 g/mol. The third-order valence-electron chi connectivity index (χ3n) is 1.16. The first kappa shape index (κ1) is 10.6. The largest absolute Gasteiger partial charge is 1.00 e. The molecule has 0 aliphatic heterocycles. The van der Waals surface area contributed by atoms with Crippen LogP contribution < -0.4 is 35.0 Å². The van der Waals surface area contributed by atoms with Gasteiger partial charge in [-0.2, -0.15) is 0 Å². The Bertz CT molecular complexity index is 241. The summed E-state index contributed by atoms with van der Waals surface area (Å²) >= 11 is 0. The molecule has 5 heteroatoms. The predicted molar refractivity (Wildman–Crippen MR) is 38.4 cm³/mol. The Hall–Kier alpha value is -0.450. The van der Waals surface area contributed by atoms with Crippen molar-refractivity contribution in [3.05, 3.63) is 28.8 Å². The van der Waals surface area contributed by atoms with Crippen molar-refractivity contribution in [1.29, 1.82) is 0 Å². The first-order valence-corrected chi connectivity index (χ1v) is 2.84. The van der Waals surface area contributed by atoms with Crippen LogP contribution in [0.3, 0.4) is 0 Å². The van der Waals surface area contributed by atoms with Gasteiger partial charge in [0.05, 0.1) is 5.29 Å². The van der Waals surface area contributed by atoms with E-state index in [1.807, 2.05) is 13.0 Å². The third-order valence-corrected chi connectivity index (χ3v) is 1.16. The summed E-state index contributed by atoms with van der Waals surface area (Å²) in [4.78, 5) is 13.6. The Morgan fingerprint density at radius 3 is 2.91 bits per heavy atom. The van der Waals surface area contributed by atoms with E-state index in [2.05, 4.69) is 15.7 Å². The molecule has 0 saturated carbocycles. The van der Waals surface area contributed by atoms with Gasteiger partial charge in [0.25, 0.3) is 0 Å². The fraction of sp³-hybridized carbons (Fsp3) is 0.167. The number of anilines is 1. The topological polar surface area (TPSA) is 54.4 Å². The first-order valence-electron chi connectivity index (χ1n) is 2.84. The number of pyridine rings is 1. The number of nitrogens with zero attached hydrogens (tertiary/aromatic N) is 2. The van der Waals surface area contributed by atoms with Gasteiger partial charge in [-0.15, -0.1) is 4.91 Å². The van der Waals surface area contributed by atoms with Crippen LogP contribution in [0.5, 0.6) is 0 Å². The summed E-state index contributed by atoms with van der Waals surface area (Å²) in [6.07, 6.45) is 1.60. The number of hydrogen-bond donors (Lipinski definition) is 1. The van der Waals surface area contributed by atoms with Crippen LogP contribution in [0.1, 0.15) is 5.56 Å². The van der Waals surface area contributed by atoms with Crippen LogP contribution in [0.4, 0.5) is 5.82 Å². The molecule has 1 rings (SSSR count). The smallest absolute Gasteiger partial charge is 0.237 e. The monoisotopic (exact) mass is 160 g/mol. The summed E-state index contributed by atoms with van der Waals surface area (Å²) in [5.74, 6) is 0.512. The van der Waals surface area contributed by atoms with Crippen molar-refractivity contribution >= 4 is 5.82 Å². The van der Waals surface area contributed by atoms with Gasteiger partial charge in [-0.1, -0.05) is 6.07 Å². The predicted octanol–water partition coefficient (Wildman–Crippen LogP) is -1.51. The van der Waals surface area contributed by atoms with Crippen molar-refractivity contribution < 1.29 is 29.6 Å². The number of aromatic nitrogens is 1. The van der Waals surface area contributed by atoms with Crippen molar-refractivity contribution in [3.63, 3.8) is 0 Å². The summed E-state index contributed by atoms with van der Waals surface area (Å²) < 4.78 is 0. The average molecular weight is 160 g/mol. The molecule has 11 heavy (non-hydrogen) atoms. The molecule has 0 aliphatic carbocycles. The Balaban J connectivity index is 0.000001000. The molecule has 0 bridgehead atoms. The zero-order chi connectivity index (χ0) is 7.40. The molecule has 0 amide bonds. The Morgan fingerprint density at radius 2 is 2.36 bits per heavy atom. The second kappa shape index (κ2) is 5.23. The van der Waals surface area contributed by atoms with Crippen LogP contribution in [0.15, 0.2) is 23.6 Å². The molecule has 0 spiro atoms. The van der Waals surface area contributed by atoms with Crippen molar-refractivity contribution in [1.82, 2.24) is 4.98 Å². The molecule has 0 saturated heterocycles. The SMILES string of the molecule is Cc1cccnc1NN=O.[Na+]. The van der Waals surface area contributed by atoms with Crippen molar-refractivity contribution in [3.8, 4) is 0 Å². The summed E-state index contributed by atoms with van der Waals surface area (Å²) in [5.41, 5.74) is 3.14. The second-order valence-corrected chi connectivity index (χ2v) is 1.87. The second-order valence-electron chi connectivity index (χ2n) is 1.87. The maximum absolute atomic E-state index is 9.73. The number of aryl methyl sites for hydroxylation is 1. The molecule has 0 aliphatic rings. The quantitative estimate of drug-likeness (QED) is 0.325. The maximum Gasteiger partial charge on any atom is 1.00 e. The van der Waals surface area contributed by atoms with Gasteiger partial charge in [0.15, 0.2) is 5.82 Å². The van der Waals surface area contributed by atoms with Crippen molar-refractivity contribution in [2.45, 2.75) is 6.92 Å². The van der Waals surface area contributed by atoms with Gasteiger partial charge in [0, 0.05) is 6.20 Å². The van der Waals surface area contributed by atoms with E-state index in [1.54, 1.807) is 12.3 Å². The third kappa shape index (κ3) is 2.96. The van der Waals surface area contributed by atoms with E-state index in [-0.39, 0.29) is 29.6 Å². The molecule has 0 radical (unpaired) electrons. The van der Waals surface area contributed by atoms with Gasteiger partial charge in [0.1, 0.15) is 0 Å². The molecule has 0 fully saturated rings. The fourth-order valence-corrected chi connectivity index (χ4v) is 0.646. The van der Waals surface area contributed by atoms with Crippen molar-refractivity contribution in [2.24, 2.45) is 5.29 Å². The normalized spacial score (nSPS) is 8.09. The van der Waals surface area contributed by atoms with E-state index in [0.717, 1.165) is 5.56 Å². The number of hydrogen-bond acceptors (Lipinski definition) is 3. The summed E-state index contributed by atoms with van der Waals surface area (Å²) in [5, 5.41) is 2.50. The van der Waals surface area contributed by atoms with Crippen LogP contribution in [0.25, 0.3) is 0 Å². The summed E-state index contributed by atoms with van der Waals surface area (Å²) in [6.45, 7) is 1.85. The van der Waals surface area contributed by atoms with Gasteiger partial charge >= 0.3 is 29.6 Å². The Morgan fingerprint density at radius 1 is 1.64 bits per heavy atom. The van der Waals surface area contributed by atoms with Crippen LogP contribution in [-0.2, 0) is 0 Å². The number of nitroso groups, excluding NO2 is 1. The summed E-state index contributed by atoms with van der Waals surface area (Å²) in [7, 11) is 0. The van der Waals surface area contributed by atoms with Gasteiger partial charge < -0.3 is 0 Å². The molecule has 1 N–H and O–H groups in total.